The summed E-state index contributed by atoms with van der Waals surface area (Å²) in [6, 6.07) is 21.6. The van der Waals surface area contributed by atoms with Gasteiger partial charge < -0.3 is 18.9 Å². The van der Waals surface area contributed by atoms with Crippen LogP contribution in [0.25, 0.3) is 17.3 Å². The van der Waals surface area contributed by atoms with Crippen LogP contribution in [0.3, 0.4) is 0 Å². The van der Waals surface area contributed by atoms with Crippen LogP contribution in [0.1, 0.15) is 58.6 Å². The van der Waals surface area contributed by atoms with Gasteiger partial charge in [0.05, 0.1) is 23.8 Å². The van der Waals surface area contributed by atoms with E-state index in [1.165, 1.54) is 0 Å². The molecule has 1 N–H and O–H groups in total. The fraction of sp³-hybridized carbons (Fsp3) is 0.324. The zero-order chi connectivity index (χ0) is 30.5. The van der Waals surface area contributed by atoms with Crippen LogP contribution in [-0.2, 0) is 16.0 Å². The van der Waals surface area contributed by atoms with Crippen molar-refractivity contribution in [2.24, 2.45) is 0 Å². The van der Waals surface area contributed by atoms with Gasteiger partial charge in [-0.3, -0.25) is 0 Å². The first kappa shape index (κ1) is 30.8. The number of ether oxygens (including phenoxy) is 1. The topological polar surface area (TPSA) is 86.5 Å². The second-order valence-electron chi connectivity index (χ2n) is 12.8. The summed E-state index contributed by atoms with van der Waals surface area (Å²) in [6.45, 7) is 16.6. The molecule has 0 fully saturated rings. The molecule has 0 aliphatic rings. The van der Waals surface area contributed by atoms with Crippen molar-refractivity contribution in [1.29, 1.82) is 0 Å². The van der Waals surface area contributed by atoms with Crippen LogP contribution in [0.15, 0.2) is 89.3 Å². The van der Waals surface area contributed by atoms with Gasteiger partial charge in [0.25, 0.3) is 0 Å². The first-order chi connectivity index (χ1) is 19.7. The van der Waals surface area contributed by atoms with E-state index >= 15 is 0 Å². The van der Waals surface area contributed by atoms with Crippen molar-refractivity contribution in [2.75, 3.05) is 5.32 Å². The third-order valence-electron chi connectivity index (χ3n) is 7.09. The molecule has 4 aromatic rings. The summed E-state index contributed by atoms with van der Waals surface area (Å²) in [5.74, 6) is 1.31. The van der Waals surface area contributed by atoms with Crippen molar-refractivity contribution < 1.29 is 18.4 Å². The van der Waals surface area contributed by atoms with Crippen molar-refractivity contribution in [1.82, 2.24) is 9.97 Å². The van der Waals surface area contributed by atoms with E-state index in [-0.39, 0.29) is 10.7 Å². The number of nitrogens with one attached hydrogen (secondary N) is 1. The lowest BCUT2D eigenvalue weighted by Crippen LogP contribution is -2.43. The van der Waals surface area contributed by atoms with Gasteiger partial charge in [-0.05, 0) is 80.9 Å². The van der Waals surface area contributed by atoms with E-state index < -0.39 is 19.9 Å². The Morgan fingerprint density at radius 2 is 1.64 bits per heavy atom. The number of esters is 1. The largest absolute Gasteiger partial charge is 0.544 e. The monoisotopic (exact) mass is 583 g/mol. The van der Waals surface area contributed by atoms with Gasteiger partial charge in [-0.15, -0.1) is 0 Å². The van der Waals surface area contributed by atoms with E-state index in [4.69, 9.17) is 23.5 Å². The number of anilines is 1. The Hall–Kier alpha value is -4.17. The third-order valence-corrected chi connectivity index (χ3v) is 11.4. The normalized spacial score (nSPS) is 12.6. The highest BCUT2D eigenvalue weighted by Gasteiger charge is 2.39. The number of rotatable bonds is 9. The molecule has 220 valence electrons. The Bertz CT molecular complexity index is 1520. The molecule has 0 amide bonds. The van der Waals surface area contributed by atoms with Crippen molar-refractivity contribution >= 4 is 26.2 Å². The number of hydrogen-bond acceptors (Lipinski definition) is 7. The zero-order valence-electron chi connectivity index (χ0n) is 25.8. The number of aromatic nitrogens is 2. The van der Waals surface area contributed by atoms with Gasteiger partial charge >= 0.3 is 5.97 Å². The average molecular weight is 584 g/mol. The Morgan fingerprint density at radius 1 is 0.952 bits per heavy atom. The van der Waals surface area contributed by atoms with E-state index in [0.29, 0.717) is 23.7 Å². The van der Waals surface area contributed by atoms with Gasteiger partial charge in [0, 0.05) is 18.1 Å². The number of carbonyl (C=O) groups excluding carboxylic acids is 1. The molecule has 42 heavy (non-hydrogen) atoms. The first-order valence-electron chi connectivity index (χ1n) is 14.1. The second-order valence-corrected chi connectivity index (χ2v) is 17.5. The number of carbonyl (C=O) groups is 1. The lowest BCUT2D eigenvalue weighted by atomic mass is 10.1. The highest BCUT2D eigenvalue weighted by atomic mass is 28.4. The molecule has 0 unspecified atom stereocenters. The van der Waals surface area contributed by atoms with E-state index in [2.05, 4.69) is 39.2 Å². The lowest BCUT2D eigenvalue weighted by molar-refractivity contribution is -0.149. The quantitative estimate of drug-likeness (QED) is 0.120. The number of nitrogens with zero attached hydrogens (tertiary/aromatic N) is 2. The van der Waals surface area contributed by atoms with Gasteiger partial charge in [0.15, 0.2) is 5.82 Å². The highest BCUT2D eigenvalue weighted by Crippen LogP contribution is 2.37. The summed E-state index contributed by atoms with van der Waals surface area (Å²) in [4.78, 5) is 22.9. The highest BCUT2D eigenvalue weighted by molar-refractivity contribution is 6.74. The minimum Gasteiger partial charge on any atom is -0.544 e. The molecule has 0 saturated heterocycles. The molecule has 0 radical (unpaired) electrons. The van der Waals surface area contributed by atoms with E-state index in [9.17, 15) is 4.79 Å². The SMILES string of the molecule is CC(C)(C)OC(=O)C(=Cc1ccco1)Nc1ncc(-c2ccc(O[Si](C)(C)C(C)(C)C)cc2)nc1Cc1ccccc1. The van der Waals surface area contributed by atoms with Gasteiger partial charge in [-0.1, -0.05) is 51.1 Å². The van der Waals surface area contributed by atoms with Crippen molar-refractivity contribution in [2.45, 2.75) is 71.7 Å². The Labute approximate surface area is 250 Å². The van der Waals surface area contributed by atoms with Gasteiger partial charge in [-0.2, -0.15) is 0 Å². The molecule has 4 rings (SSSR count). The van der Waals surface area contributed by atoms with Crippen LogP contribution in [-0.4, -0.2) is 29.9 Å². The molecule has 0 bridgehead atoms. The van der Waals surface area contributed by atoms with Crippen LogP contribution in [0.5, 0.6) is 5.75 Å². The van der Waals surface area contributed by atoms with Crippen LogP contribution < -0.4 is 9.74 Å². The van der Waals surface area contributed by atoms with E-state index in [1.54, 1.807) is 30.7 Å². The fourth-order valence-corrected chi connectivity index (χ4v) is 4.88. The maximum absolute atomic E-state index is 13.2. The third kappa shape index (κ3) is 8.19. The van der Waals surface area contributed by atoms with Crippen molar-refractivity contribution in [3.05, 3.63) is 102 Å². The molecule has 0 atom stereocenters. The van der Waals surface area contributed by atoms with Crippen LogP contribution >= 0.6 is 0 Å². The Balaban J connectivity index is 1.69. The molecule has 2 aromatic heterocycles. The van der Waals surface area contributed by atoms with Crippen molar-refractivity contribution in [3.8, 4) is 17.0 Å². The molecule has 7 nitrogen and oxygen atoms in total. The molecule has 0 spiro atoms. The standard InChI is InChI=1S/C34H41N3O4Si/c1-33(2,3)40-32(38)29(22-27-15-12-20-39-27)37-31-28(21-24-13-10-9-11-14-24)36-30(23-35-31)25-16-18-26(19-17-25)41-42(7,8)34(4,5)6/h9-20,22-23H,21H2,1-8H3,(H,35,37). The molecular formula is C34H41N3O4Si. The summed E-state index contributed by atoms with van der Waals surface area (Å²) in [6.07, 6.45) is 5.38. The molecule has 2 heterocycles. The van der Waals surface area contributed by atoms with Gasteiger partial charge in [0.2, 0.25) is 8.32 Å². The van der Waals surface area contributed by atoms with Gasteiger partial charge in [0.1, 0.15) is 22.8 Å². The number of benzene rings is 2. The van der Waals surface area contributed by atoms with Gasteiger partial charge in [-0.25, -0.2) is 14.8 Å². The lowest BCUT2D eigenvalue weighted by Gasteiger charge is -2.36. The number of furan rings is 1. The molecule has 8 heteroatoms. The average Bonchev–Trinajstić information content (AvgIpc) is 3.42. The van der Waals surface area contributed by atoms with Crippen LogP contribution in [0.2, 0.25) is 18.1 Å². The molecular weight excluding hydrogens is 542 g/mol. The summed E-state index contributed by atoms with van der Waals surface area (Å²) >= 11 is 0. The summed E-state index contributed by atoms with van der Waals surface area (Å²) in [5, 5.41) is 3.30. The van der Waals surface area contributed by atoms with E-state index in [1.807, 2.05) is 75.4 Å². The Kier molecular flexibility index (Phi) is 9.06. The predicted molar refractivity (Wildman–Crippen MR) is 171 cm³/mol. The minimum atomic E-state index is -1.95. The molecule has 2 aromatic carbocycles. The maximum atomic E-state index is 13.2. The molecule has 0 aliphatic heterocycles. The van der Waals surface area contributed by atoms with E-state index in [0.717, 1.165) is 22.6 Å². The second kappa shape index (κ2) is 12.4. The molecule has 0 aliphatic carbocycles. The summed E-state index contributed by atoms with van der Waals surface area (Å²) in [5.41, 5.74) is 2.92. The minimum absolute atomic E-state index is 0.107. The molecule has 0 saturated carbocycles. The Morgan fingerprint density at radius 3 is 2.24 bits per heavy atom. The summed E-state index contributed by atoms with van der Waals surface area (Å²) < 4.78 is 17.6. The predicted octanol–water partition coefficient (Wildman–Crippen LogP) is 8.51. The fourth-order valence-electron chi connectivity index (χ4n) is 3.85. The van der Waals surface area contributed by atoms with Crippen molar-refractivity contribution in [3.63, 3.8) is 0 Å². The maximum Gasteiger partial charge on any atom is 0.355 e. The van der Waals surface area contributed by atoms with Crippen LogP contribution in [0.4, 0.5) is 5.82 Å². The first-order valence-corrected chi connectivity index (χ1v) is 17.1. The zero-order valence-corrected chi connectivity index (χ0v) is 26.8. The summed E-state index contributed by atoms with van der Waals surface area (Å²) in [7, 11) is -1.95. The number of hydrogen-bond donors (Lipinski definition) is 1. The van der Waals surface area contributed by atoms with Crippen LogP contribution in [0, 0.1) is 0 Å². The smallest absolute Gasteiger partial charge is 0.355 e.